The van der Waals surface area contributed by atoms with Crippen LogP contribution in [0.2, 0.25) is 0 Å². The Bertz CT molecular complexity index is 662. The SMILES string of the molecule is CCC1O[C@@H](n2c(=O)[nH]c3c(N)ncnc32)CC1C. The lowest BCUT2D eigenvalue weighted by atomic mass is 10.0. The van der Waals surface area contributed by atoms with Gasteiger partial charge in [-0.25, -0.2) is 19.3 Å². The number of imidazole rings is 1. The topological polar surface area (TPSA) is 98.8 Å². The van der Waals surface area contributed by atoms with E-state index >= 15 is 0 Å². The summed E-state index contributed by atoms with van der Waals surface area (Å²) < 4.78 is 7.48. The number of ether oxygens (including phenoxy) is 1. The van der Waals surface area contributed by atoms with E-state index in [-0.39, 0.29) is 23.8 Å². The van der Waals surface area contributed by atoms with E-state index in [0.29, 0.717) is 17.1 Å². The summed E-state index contributed by atoms with van der Waals surface area (Å²) in [7, 11) is 0. The van der Waals surface area contributed by atoms with E-state index < -0.39 is 0 Å². The zero-order valence-corrected chi connectivity index (χ0v) is 11.0. The van der Waals surface area contributed by atoms with Crippen LogP contribution in [0.15, 0.2) is 11.1 Å². The molecule has 7 nitrogen and oxygen atoms in total. The van der Waals surface area contributed by atoms with Gasteiger partial charge in [-0.3, -0.25) is 0 Å². The van der Waals surface area contributed by atoms with Crippen LogP contribution in [0, 0.1) is 5.92 Å². The first kappa shape index (κ1) is 12.2. The molecule has 1 aliphatic rings. The Morgan fingerprint density at radius 1 is 1.58 bits per heavy atom. The molecule has 7 heteroatoms. The van der Waals surface area contributed by atoms with Crippen molar-refractivity contribution in [1.29, 1.82) is 0 Å². The van der Waals surface area contributed by atoms with Crippen LogP contribution < -0.4 is 11.4 Å². The second-order valence-electron chi connectivity index (χ2n) is 5.01. The molecule has 3 N–H and O–H groups in total. The summed E-state index contributed by atoms with van der Waals surface area (Å²) in [6.45, 7) is 4.22. The van der Waals surface area contributed by atoms with Crippen LogP contribution in [0.4, 0.5) is 5.82 Å². The Morgan fingerprint density at radius 2 is 2.37 bits per heavy atom. The molecule has 0 bridgehead atoms. The van der Waals surface area contributed by atoms with Crippen molar-refractivity contribution in [3.63, 3.8) is 0 Å². The largest absolute Gasteiger partial charge is 0.382 e. The fourth-order valence-corrected chi connectivity index (χ4v) is 2.75. The van der Waals surface area contributed by atoms with Gasteiger partial charge in [0.15, 0.2) is 11.5 Å². The molecule has 2 unspecified atom stereocenters. The summed E-state index contributed by atoms with van der Waals surface area (Å²) in [6, 6.07) is 0. The maximum atomic E-state index is 12.1. The predicted octanol–water partition coefficient (Wildman–Crippen LogP) is 1.04. The van der Waals surface area contributed by atoms with Gasteiger partial charge in [-0.2, -0.15) is 0 Å². The first-order valence-electron chi connectivity index (χ1n) is 6.48. The summed E-state index contributed by atoms with van der Waals surface area (Å²) in [6.07, 6.45) is 3.00. The third kappa shape index (κ3) is 1.81. The highest BCUT2D eigenvalue weighted by Gasteiger charge is 2.34. The monoisotopic (exact) mass is 263 g/mol. The number of H-pyrrole nitrogens is 1. The predicted molar refractivity (Wildman–Crippen MR) is 70.5 cm³/mol. The third-order valence-electron chi connectivity index (χ3n) is 3.77. The lowest BCUT2D eigenvalue weighted by Crippen LogP contribution is -2.22. The minimum atomic E-state index is -0.282. The Labute approximate surface area is 109 Å². The van der Waals surface area contributed by atoms with Crippen molar-refractivity contribution in [2.75, 3.05) is 5.73 Å². The molecule has 1 saturated heterocycles. The first-order chi connectivity index (χ1) is 9.11. The first-order valence-corrected chi connectivity index (χ1v) is 6.48. The molecule has 0 amide bonds. The molecule has 3 rings (SSSR count). The van der Waals surface area contributed by atoms with Gasteiger partial charge in [0.2, 0.25) is 0 Å². The molecule has 102 valence electrons. The summed E-state index contributed by atoms with van der Waals surface area (Å²) >= 11 is 0. The van der Waals surface area contributed by atoms with Gasteiger partial charge < -0.3 is 15.5 Å². The maximum Gasteiger partial charge on any atom is 0.329 e. The highest BCUT2D eigenvalue weighted by Crippen LogP contribution is 2.35. The molecule has 19 heavy (non-hydrogen) atoms. The number of nitrogens with one attached hydrogen (secondary N) is 1. The number of nitrogens with two attached hydrogens (primary N) is 1. The van der Waals surface area contributed by atoms with Gasteiger partial charge in [0.25, 0.3) is 0 Å². The fraction of sp³-hybridized carbons (Fsp3) is 0.583. The van der Waals surface area contributed by atoms with Crippen molar-refractivity contribution in [2.24, 2.45) is 5.92 Å². The number of hydrogen-bond donors (Lipinski definition) is 2. The fourth-order valence-electron chi connectivity index (χ4n) is 2.75. The van der Waals surface area contributed by atoms with Gasteiger partial charge in [0.05, 0.1) is 6.10 Å². The Hall–Kier alpha value is -1.89. The highest BCUT2D eigenvalue weighted by atomic mass is 16.5. The number of aromatic nitrogens is 4. The molecular formula is C12H17N5O2. The standard InChI is InChI=1S/C12H17N5O2/c1-3-7-6(2)4-8(19-7)17-11-9(16-12(17)18)10(13)14-5-15-11/h5-8H,3-4H2,1-2H3,(H,16,18)(H2,13,14,15)/t6?,7?,8-/m1/s1. The smallest absolute Gasteiger partial charge is 0.329 e. The Kier molecular flexibility index (Phi) is 2.78. The van der Waals surface area contributed by atoms with Crippen molar-refractivity contribution in [3.8, 4) is 0 Å². The summed E-state index contributed by atoms with van der Waals surface area (Å²) in [5.74, 6) is 0.699. The van der Waals surface area contributed by atoms with Crippen LogP contribution in [0.5, 0.6) is 0 Å². The maximum absolute atomic E-state index is 12.1. The van der Waals surface area contributed by atoms with E-state index in [4.69, 9.17) is 10.5 Å². The average molecular weight is 263 g/mol. The molecule has 2 aromatic rings. The van der Waals surface area contributed by atoms with Crippen LogP contribution in [0.3, 0.4) is 0 Å². The van der Waals surface area contributed by atoms with Crippen LogP contribution in [-0.2, 0) is 4.74 Å². The highest BCUT2D eigenvalue weighted by molar-refractivity contribution is 5.81. The van der Waals surface area contributed by atoms with Crippen molar-refractivity contribution >= 4 is 17.0 Å². The van der Waals surface area contributed by atoms with E-state index in [2.05, 4.69) is 28.8 Å². The number of fused-ring (bicyclic) bond motifs is 1. The van der Waals surface area contributed by atoms with E-state index in [1.54, 1.807) is 4.57 Å². The molecular weight excluding hydrogens is 246 g/mol. The van der Waals surface area contributed by atoms with Crippen LogP contribution >= 0.6 is 0 Å². The molecule has 1 fully saturated rings. The Morgan fingerprint density at radius 3 is 3.05 bits per heavy atom. The van der Waals surface area contributed by atoms with E-state index in [9.17, 15) is 4.79 Å². The average Bonchev–Trinajstić information content (AvgIpc) is 2.90. The summed E-state index contributed by atoms with van der Waals surface area (Å²) in [4.78, 5) is 22.8. The molecule has 0 saturated carbocycles. The zero-order valence-electron chi connectivity index (χ0n) is 11.0. The van der Waals surface area contributed by atoms with E-state index in [0.717, 1.165) is 12.8 Å². The zero-order chi connectivity index (χ0) is 13.6. The third-order valence-corrected chi connectivity index (χ3v) is 3.77. The number of rotatable bonds is 2. The molecule has 3 atom stereocenters. The second kappa shape index (κ2) is 4.34. The molecule has 0 spiro atoms. The molecule has 3 heterocycles. The summed E-state index contributed by atoms with van der Waals surface area (Å²) in [5.41, 5.74) is 6.47. The number of nitrogens with zero attached hydrogens (tertiary/aromatic N) is 3. The van der Waals surface area contributed by atoms with E-state index in [1.165, 1.54) is 6.33 Å². The number of anilines is 1. The molecule has 0 radical (unpaired) electrons. The Balaban J connectivity index is 2.09. The number of nitrogen functional groups attached to an aromatic ring is 1. The van der Waals surface area contributed by atoms with Crippen LogP contribution in [0.25, 0.3) is 11.2 Å². The van der Waals surface area contributed by atoms with Crippen molar-refractivity contribution < 1.29 is 4.74 Å². The lowest BCUT2D eigenvalue weighted by molar-refractivity contribution is -0.00464. The molecule has 2 aromatic heterocycles. The normalized spacial score (nSPS) is 27.2. The molecule has 0 aliphatic carbocycles. The number of hydrogen-bond acceptors (Lipinski definition) is 5. The molecule has 1 aliphatic heterocycles. The van der Waals surface area contributed by atoms with Gasteiger partial charge >= 0.3 is 5.69 Å². The summed E-state index contributed by atoms with van der Waals surface area (Å²) in [5, 5.41) is 0. The van der Waals surface area contributed by atoms with Crippen LogP contribution in [-0.4, -0.2) is 25.6 Å². The van der Waals surface area contributed by atoms with Gasteiger partial charge in [-0.15, -0.1) is 0 Å². The van der Waals surface area contributed by atoms with Gasteiger partial charge in [-0.1, -0.05) is 13.8 Å². The van der Waals surface area contributed by atoms with Crippen molar-refractivity contribution in [2.45, 2.75) is 39.0 Å². The van der Waals surface area contributed by atoms with Crippen LogP contribution in [0.1, 0.15) is 32.9 Å². The minimum absolute atomic E-state index is 0.182. The van der Waals surface area contributed by atoms with Gasteiger partial charge in [0, 0.05) is 0 Å². The quantitative estimate of drug-likeness (QED) is 0.843. The van der Waals surface area contributed by atoms with Gasteiger partial charge in [-0.05, 0) is 18.8 Å². The van der Waals surface area contributed by atoms with E-state index in [1.807, 2.05) is 0 Å². The van der Waals surface area contributed by atoms with Crippen molar-refractivity contribution in [1.82, 2.24) is 19.5 Å². The molecule has 0 aromatic carbocycles. The van der Waals surface area contributed by atoms with Crippen molar-refractivity contribution in [3.05, 3.63) is 16.8 Å². The minimum Gasteiger partial charge on any atom is -0.382 e. The lowest BCUT2D eigenvalue weighted by Gasteiger charge is -2.13. The van der Waals surface area contributed by atoms with Gasteiger partial charge in [0.1, 0.15) is 18.1 Å². The second-order valence-corrected chi connectivity index (χ2v) is 5.01. The number of aromatic amines is 1.